The van der Waals surface area contributed by atoms with Crippen molar-refractivity contribution in [2.75, 3.05) is 13.1 Å². The number of rotatable bonds is 5. The number of fused-ring (bicyclic) bond motifs is 1. The quantitative estimate of drug-likeness (QED) is 0.341. The van der Waals surface area contributed by atoms with Crippen molar-refractivity contribution in [1.29, 1.82) is 0 Å². The van der Waals surface area contributed by atoms with Gasteiger partial charge in [0.15, 0.2) is 0 Å². The SMILES string of the molecule is Cc1c(C2CCN(S(=O)(=O)c3ccccc3)CC2)c2ccccc2n1Cc1cccc(Cl)c1. The number of aromatic nitrogens is 1. The fourth-order valence-corrected chi connectivity index (χ4v) is 6.82. The lowest BCUT2D eigenvalue weighted by Gasteiger charge is -2.31. The van der Waals surface area contributed by atoms with Gasteiger partial charge in [-0.1, -0.05) is 60.1 Å². The Morgan fingerprint density at radius 3 is 2.33 bits per heavy atom. The van der Waals surface area contributed by atoms with Crippen molar-refractivity contribution >= 4 is 32.5 Å². The molecule has 0 N–H and O–H groups in total. The maximum atomic E-state index is 13.1. The van der Waals surface area contributed by atoms with Gasteiger partial charge in [0.1, 0.15) is 0 Å². The summed E-state index contributed by atoms with van der Waals surface area (Å²) in [6.07, 6.45) is 1.64. The highest BCUT2D eigenvalue weighted by molar-refractivity contribution is 7.89. The summed E-state index contributed by atoms with van der Waals surface area (Å²) in [7, 11) is -3.44. The van der Waals surface area contributed by atoms with Crippen molar-refractivity contribution in [2.45, 2.75) is 37.1 Å². The molecule has 1 fully saturated rings. The van der Waals surface area contributed by atoms with Crippen molar-refractivity contribution in [1.82, 2.24) is 8.87 Å². The van der Waals surface area contributed by atoms with Gasteiger partial charge in [-0.15, -0.1) is 0 Å². The molecule has 0 unspecified atom stereocenters. The number of halogens is 1. The van der Waals surface area contributed by atoms with Crippen LogP contribution in [0.3, 0.4) is 0 Å². The predicted octanol–water partition coefficient (Wildman–Crippen LogP) is 6.22. The van der Waals surface area contributed by atoms with E-state index in [-0.39, 0.29) is 0 Å². The zero-order chi connectivity index (χ0) is 23.0. The maximum absolute atomic E-state index is 13.1. The molecule has 0 bridgehead atoms. The Morgan fingerprint density at radius 2 is 1.61 bits per heavy atom. The minimum atomic E-state index is -3.44. The second-order valence-electron chi connectivity index (χ2n) is 8.72. The molecule has 0 atom stereocenters. The average molecular weight is 479 g/mol. The molecule has 4 nitrogen and oxygen atoms in total. The standard InChI is InChI=1S/C27H27ClN2O2S/c1-20-27(22-14-16-29(17-15-22)33(31,32)24-10-3-2-4-11-24)25-12-5-6-13-26(25)30(20)19-21-8-7-9-23(28)18-21/h2-13,18,22H,14-17,19H2,1H3. The van der Waals surface area contributed by atoms with E-state index in [1.807, 2.05) is 24.3 Å². The lowest BCUT2D eigenvalue weighted by Crippen LogP contribution is -2.38. The Labute approximate surface area is 200 Å². The molecule has 33 heavy (non-hydrogen) atoms. The molecule has 0 saturated carbocycles. The molecule has 5 rings (SSSR count). The molecule has 0 aliphatic carbocycles. The first-order valence-corrected chi connectivity index (χ1v) is 13.1. The molecule has 6 heteroatoms. The number of piperidine rings is 1. The molecule has 170 valence electrons. The molecule has 0 radical (unpaired) electrons. The molecular weight excluding hydrogens is 452 g/mol. The third kappa shape index (κ3) is 4.21. The lowest BCUT2D eigenvalue weighted by atomic mass is 9.88. The van der Waals surface area contributed by atoms with Crippen LogP contribution >= 0.6 is 11.6 Å². The van der Waals surface area contributed by atoms with Crippen LogP contribution in [-0.4, -0.2) is 30.4 Å². The Bertz CT molecular complexity index is 1390. The molecular formula is C27H27ClN2O2S. The minimum Gasteiger partial charge on any atom is -0.340 e. The van der Waals surface area contributed by atoms with Crippen LogP contribution in [0.25, 0.3) is 10.9 Å². The van der Waals surface area contributed by atoms with Crippen LogP contribution in [0.1, 0.15) is 35.6 Å². The van der Waals surface area contributed by atoms with Gasteiger partial charge in [-0.2, -0.15) is 4.31 Å². The summed E-state index contributed by atoms with van der Waals surface area (Å²) in [4.78, 5) is 0.373. The van der Waals surface area contributed by atoms with Gasteiger partial charge in [-0.3, -0.25) is 0 Å². The van der Waals surface area contributed by atoms with Gasteiger partial charge in [0.25, 0.3) is 0 Å². The van der Waals surface area contributed by atoms with Gasteiger partial charge in [-0.05, 0) is 67.1 Å². The summed E-state index contributed by atoms with van der Waals surface area (Å²) in [6, 6.07) is 25.3. The van der Waals surface area contributed by atoms with Gasteiger partial charge >= 0.3 is 0 Å². The Balaban J connectivity index is 1.44. The van der Waals surface area contributed by atoms with Gasteiger partial charge in [0.05, 0.1) is 4.90 Å². The summed E-state index contributed by atoms with van der Waals surface area (Å²) in [5.41, 5.74) is 4.98. The first-order chi connectivity index (χ1) is 15.9. The average Bonchev–Trinajstić information content (AvgIpc) is 3.11. The van der Waals surface area contributed by atoms with Crippen LogP contribution in [0, 0.1) is 6.92 Å². The zero-order valence-corrected chi connectivity index (χ0v) is 20.2. The van der Waals surface area contributed by atoms with E-state index in [0.29, 0.717) is 23.9 Å². The van der Waals surface area contributed by atoms with Gasteiger partial charge in [0, 0.05) is 41.3 Å². The third-order valence-corrected chi connectivity index (χ3v) is 8.90. The van der Waals surface area contributed by atoms with E-state index in [9.17, 15) is 8.42 Å². The molecule has 2 heterocycles. The molecule has 0 spiro atoms. The van der Waals surface area contributed by atoms with Crippen LogP contribution in [0.5, 0.6) is 0 Å². The van der Waals surface area contributed by atoms with Crippen LogP contribution in [-0.2, 0) is 16.6 Å². The van der Waals surface area contributed by atoms with Crippen LogP contribution in [0.15, 0.2) is 83.8 Å². The van der Waals surface area contributed by atoms with E-state index in [1.165, 1.54) is 27.7 Å². The number of para-hydroxylation sites is 1. The molecule has 1 aromatic heterocycles. The monoisotopic (exact) mass is 478 g/mol. The number of hydrogen-bond donors (Lipinski definition) is 0. The van der Waals surface area contributed by atoms with Crippen molar-refractivity contribution in [3.63, 3.8) is 0 Å². The molecule has 4 aromatic rings. The van der Waals surface area contributed by atoms with Gasteiger partial charge < -0.3 is 4.57 Å². The summed E-state index contributed by atoms with van der Waals surface area (Å²) in [6.45, 7) is 4.02. The number of nitrogens with zero attached hydrogens (tertiary/aromatic N) is 2. The number of sulfonamides is 1. The summed E-state index contributed by atoms with van der Waals surface area (Å²) < 4.78 is 30.1. The van der Waals surface area contributed by atoms with Gasteiger partial charge in [-0.25, -0.2) is 8.42 Å². The molecule has 3 aromatic carbocycles. The van der Waals surface area contributed by atoms with Crippen LogP contribution in [0.4, 0.5) is 0 Å². The van der Waals surface area contributed by atoms with Crippen molar-refractivity contribution in [3.05, 3.63) is 101 Å². The molecule has 0 amide bonds. The summed E-state index contributed by atoms with van der Waals surface area (Å²) >= 11 is 6.23. The highest BCUT2D eigenvalue weighted by Crippen LogP contribution is 2.38. The smallest absolute Gasteiger partial charge is 0.243 e. The fraction of sp³-hybridized carbons (Fsp3) is 0.259. The van der Waals surface area contributed by atoms with Crippen molar-refractivity contribution in [2.24, 2.45) is 0 Å². The highest BCUT2D eigenvalue weighted by atomic mass is 35.5. The van der Waals surface area contributed by atoms with Gasteiger partial charge in [0.2, 0.25) is 10.0 Å². The number of hydrogen-bond acceptors (Lipinski definition) is 2. The normalized spacial score (nSPS) is 15.8. The van der Waals surface area contributed by atoms with Crippen LogP contribution < -0.4 is 0 Å². The second-order valence-corrected chi connectivity index (χ2v) is 11.1. The van der Waals surface area contributed by atoms with E-state index < -0.39 is 10.0 Å². The van der Waals surface area contributed by atoms with Crippen molar-refractivity contribution in [3.8, 4) is 0 Å². The predicted molar refractivity (Wildman–Crippen MR) is 134 cm³/mol. The summed E-state index contributed by atoms with van der Waals surface area (Å²) in [5, 5.41) is 2.01. The maximum Gasteiger partial charge on any atom is 0.243 e. The zero-order valence-electron chi connectivity index (χ0n) is 18.6. The lowest BCUT2D eigenvalue weighted by molar-refractivity contribution is 0.319. The second kappa shape index (κ2) is 8.98. The fourth-order valence-electron chi connectivity index (χ4n) is 5.12. The molecule has 1 saturated heterocycles. The van der Waals surface area contributed by atoms with E-state index >= 15 is 0 Å². The topological polar surface area (TPSA) is 42.3 Å². The van der Waals surface area contributed by atoms with E-state index in [4.69, 9.17) is 11.6 Å². The highest BCUT2D eigenvalue weighted by Gasteiger charge is 2.32. The third-order valence-electron chi connectivity index (χ3n) is 6.75. The van der Waals surface area contributed by atoms with Crippen molar-refractivity contribution < 1.29 is 8.42 Å². The largest absolute Gasteiger partial charge is 0.340 e. The first kappa shape index (κ1) is 22.2. The summed E-state index contributed by atoms with van der Waals surface area (Å²) in [5.74, 6) is 0.331. The Hall–Kier alpha value is -2.60. The minimum absolute atomic E-state index is 0.331. The number of benzene rings is 3. The van der Waals surface area contributed by atoms with E-state index in [1.54, 1.807) is 28.6 Å². The van der Waals surface area contributed by atoms with E-state index in [2.05, 4.69) is 41.8 Å². The van der Waals surface area contributed by atoms with Crippen LogP contribution in [0.2, 0.25) is 5.02 Å². The molecule has 1 aliphatic heterocycles. The van der Waals surface area contributed by atoms with E-state index in [0.717, 1.165) is 24.4 Å². The Morgan fingerprint density at radius 1 is 0.909 bits per heavy atom. The Kier molecular flexibility index (Phi) is 6.04. The molecule has 1 aliphatic rings. The first-order valence-electron chi connectivity index (χ1n) is 11.3.